The van der Waals surface area contributed by atoms with E-state index in [1.807, 2.05) is 29.4 Å². The van der Waals surface area contributed by atoms with Crippen molar-refractivity contribution in [3.8, 4) is 0 Å². The molecule has 3 aliphatic rings. The molecule has 10 nitrogen and oxygen atoms in total. The van der Waals surface area contributed by atoms with Crippen LogP contribution in [0.2, 0.25) is 0 Å². The molecule has 37 heavy (non-hydrogen) atoms. The van der Waals surface area contributed by atoms with Gasteiger partial charge in [0.15, 0.2) is 17.0 Å². The van der Waals surface area contributed by atoms with Crippen LogP contribution in [0.5, 0.6) is 0 Å². The molecule has 3 aliphatic heterocycles. The maximum atomic E-state index is 12.1. The number of ether oxygens (including phenoxy) is 1. The molecule has 0 radical (unpaired) electrons. The third kappa shape index (κ3) is 5.40. The highest BCUT2D eigenvalue weighted by molar-refractivity contribution is 5.84. The number of imidazole rings is 1. The highest BCUT2D eigenvalue weighted by Gasteiger charge is 2.28. The Bertz CT molecular complexity index is 1200. The van der Waals surface area contributed by atoms with E-state index >= 15 is 0 Å². The fourth-order valence-electron chi connectivity index (χ4n) is 5.69. The second kappa shape index (κ2) is 11.0. The number of piperidine rings is 1. The Morgan fingerprint density at radius 1 is 0.973 bits per heavy atom. The lowest BCUT2D eigenvalue weighted by atomic mass is 10.0. The molecular weight excluding hydrogens is 468 g/mol. The highest BCUT2D eigenvalue weighted by Crippen LogP contribution is 2.26. The van der Waals surface area contributed by atoms with Crippen molar-refractivity contribution in [3.05, 3.63) is 42.2 Å². The van der Waals surface area contributed by atoms with E-state index in [0.717, 1.165) is 88.1 Å². The van der Waals surface area contributed by atoms with Gasteiger partial charge in [0.05, 0.1) is 19.5 Å². The van der Waals surface area contributed by atoms with Gasteiger partial charge in [-0.25, -0.2) is 4.98 Å². The summed E-state index contributed by atoms with van der Waals surface area (Å²) < 4.78 is 7.61. The number of amides is 1. The molecule has 0 bridgehead atoms. The maximum Gasteiger partial charge on any atom is 0.229 e. The second-order valence-electron chi connectivity index (χ2n) is 10.2. The van der Waals surface area contributed by atoms with Gasteiger partial charge < -0.3 is 24.4 Å². The van der Waals surface area contributed by atoms with Crippen LogP contribution in [0.1, 0.15) is 31.2 Å². The van der Waals surface area contributed by atoms with Crippen molar-refractivity contribution in [1.82, 2.24) is 29.3 Å². The van der Waals surface area contributed by atoms with Gasteiger partial charge in [0.25, 0.3) is 0 Å². The van der Waals surface area contributed by atoms with Gasteiger partial charge in [-0.05, 0) is 24.8 Å². The third-order valence-corrected chi connectivity index (χ3v) is 7.85. The van der Waals surface area contributed by atoms with Gasteiger partial charge in [-0.1, -0.05) is 30.3 Å². The minimum absolute atomic E-state index is 0.244. The highest BCUT2D eigenvalue weighted by atomic mass is 16.5. The summed E-state index contributed by atoms with van der Waals surface area (Å²) in [5, 5.41) is 3.52. The molecule has 0 saturated carbocycles. The molecule has 0 spiro atoms. The Labute approximate surface area is 217 Å². The molecule has 10 heteroatoms. The number of nitrogens with zero attached hydrogens (tertiary/aromatic N) is 7. The predicted molar refractivity (Wildman–Crippen MR) is 143 cm³/mol. The summed E-state index contributed by atoms with van der Waals surface area (Å²) in [6.07, 6.45) is 5.64. The first-order valence-electron chi connectivity index (χ1n) is 13.6. The quantitative estimate of drug-likeness (QED) is 0.500. The van der Waals surface area contributed by atoms with Crippen molar-refractivity contribution < 1.29 is 9.53 Å². The van der Waals surface area contributed by atoms with E-state index in [1.54, 1.807) is 0 Å². The lowest BCUT2D eigenvalue weighted by molar-refractivity contribution is -0.127. The summed E-state index contributed by atoms with van der Waals surface area (Å²) in [4.78, 5) is 33.6. The van der Waals surface area contributed by atoms with Crippen LogP contribution in [-0.2, 0) is 22.6 Å². The lowest BCUT2D eigenvalue weighted by Crippen LogP contribution is -2.49. The zero-order valence-corrected chi connectivity index (χ0v) is 21.4. The van der Waals surface area contributed by atoms with Crippen LogP contribution in [0.15, 0.2) is 36.7 Å². The van der Waals surface area contributed by atoms with E-state index in [-0.39, 0.29) is 5.91 Å². The lowest BCUT2D eigenvalue weighted by Gasteiger charge is -2.40. The van der Waals surface area contributed by atoms with Gasteiger partial charge in [-0.15, -0.1) is 0 Å². The molecule has 6 rings (SSSR count). The van der Waals surface area contributed by atoms with Gasteiger partial charge in [-0.3, -0.25) is 9.69 Å². The molecule has 1 N–H and O–H groups in total. The standard InChI is InChI=1S/C27H36N8O2/c36-23-7-4-10-33(23)13-14-35-20-29-24-25(28-19-21-5-2-1-3-6-21)30-27(31-26(24)35)34-11-8-22(9-12-34)32-15-17-37-18-16-32/h1-3,5-6,20,22H,4,7-19H2,(H,28,30,31). The van der Waals surface area contributed by atoms with Gasteiger partial charge in [0, 0.05) is 64.8 Å². The molecule has 196 valence electrons. The Morgan fingerprint density at radius 2 is 1.78 bits per heavy atom. The Kier molecular flexibility index (Phi) is 7.18. The van der Waals surface area contributed by atoms with Crippen molar-refractivity contribution in [2.45, 2.75) is 44.8 Å². The van der Waals surface area contributed by atoms with E-state index < -0.39 is 0 Å². The van der Waals surface area contributed by atoms with Gasteiger partial charge in [0.1, 0.15) is 0 Å². The number of aromatic nitrogens is 4. The van der Waals surface area contributed by atoms with E-state index in [1.165, 1.54) is 5.56 Å². The molecule has 3 saturated heterocycles. The summed E-state index contributed by atoms with van der Waals surface area (Å²) in [5.74, 6) is 1.76. The van der Waals surface area contributed by atoms with Crippen molar-refractivity contribution in [2.24, 2.45) is 0 Å². The van der Waals surface area contributed by atoms with E-state index in [2.05, 4.69) is 36.8 Å². The first kappa shape index (κ1) is 24.1. The van der Waals surface area contributed by atoms with Crippen LogP contribution in [0.25, 0.3) is 11.2 Å². The van der Waals surface area contributed by atoms with Crippen molar-refractivity contribution in [3.63, 3.8) is 0 Å². The molecule has 3 aromatic rings. The van der Waals surface area contributed by atoms with E-state index in [9.17, 15) is 4.79 Å². The number of anilines is 2. The van der Waals surface area contributed by atoms with Crippen LogP contribution in [0.4, 0.5) is 11.8 Å². The summed E-state index contributed by atoms with van der Waals surface area (Å²) in [6, 6.07) is 10.9. The van der Waals surface area contributed by atoms with E-state index in [0.29, 0.717) is 32.1 Å². The van der Waals surface area contributed by atoms with Crippen LogP contribution in [-0.4, -0.2) is 93.8 Å². The molecule has 0 atom stereocenters. The van der Waals surface area contributed by atoms with Crippen LogP contribution in [0.3, 0.4) is 0 Å². The number of hydrogen-bond donors (Lipinski definition) is 1. The molecule has 2 aromatic heterocycles. The number of morpholine rings is 1. The minimum atomic E-state index is 0.244. The predicted octanol–water partition coefficient (Wildman–Crippen LogP) is 2.36. The second-order valence-corrected chi connectivity index (χ2v) is 10.2. The first-order valence-corrected chi connectivity index (χ1v) is 13.6. The summed E-state index contributed by atoms with van der Waals surface area (Å²) in [5.41, 5.74) is 2.78. The van der Waals surface area contributed by atoms with Crippen LogP contribution < -0.4 is 10.2 Å². The summed E-state index contributed by atoms with van der Waals surface area (Å²) in [7, 11) is 0. The number of fused-ring (bicyclic) bond motifs is 1. The summed E-state index contributed by atoms with van der Waals surface area (Å²) >= 11 is 0. The third-order valence-electron chi connectivity index (χ3n) is 7.85. The van der Waals surface area contributed by atoms with Crippen molar-refractivity contribution >= 4 is 28.8 Å². The van der Waals surface area contributed by atoms with E-state index in [4.69, 9.17) is 14.7 Å². The van der Waals surface area contributed by atoms with Crippen molar-refractivity contribution in [2.75, 3.05) is 62.7 Å². The van der Waals surface area contributed by atoms with Crippen LogP contribution >= 0.6 is 0 Å². The monoisotopic (exact) mass is 504 g/mol. The zero-order chi connectivity index (χ0) is 25.0. The van der Waals surface area contributed by atoms with Gasteiger partial charge >= 0.3 is 0 Å². The Morgan fingerprint density at radius 3 is 2.54 bits per heavy atom. The average molecular weight is 505 g/mol. The molecule has 0 aliphatic carbocycles. The number of nitrogens with one attached hydrogen (secondary N) is 1. The maximum absolute atomic E-state index is 12.1. The van der Waals surface area contributed by atoms with Crippen LogP contribution in [0, 0.1) is 0 Å². The molecule has 0 unspecified atom stereocenters. The number of rotatable bonds is 8. The molecule has 3 fully saturated rings. The Hall–Kier alpha value is -3.24. The van der Waals surface area contributed by atoms with Crippen molar-refractivity contribution in [1.29, 1.82) is 0 Å². The average Bonchev–Trinajstić information content (AvgIpc) is 3.57. The number of likely N-dealkylation sites (tertiary alicyclic amines) is 1. The van der Waals surface area contributed by atoms with Gasteiger partial charge in [0.2, 0.25) is 11.9 Å². The largest absolute Gasteiger partial charge is 0.379 e. The number of benzene rings is 1. The first-order chi connectivity index (χ1) is 18.2. The topological polar surface area (TPSA) is 91.7 Å². The number of hydrogen-bond acceptors (Lipinski definition) is 8. The Balaban J connectivity index is 1.23. The summed E-state index contributed by atoms with van der Waals surface area (Å²) in [6.45, 7) is 8.46. The molecular formula is C27H36N8O2. The SMILES string of the molecule is O=C1CCCN1CCn1cnc2c(NCc3ccccc3)nc(N3CCC(N4CCOCC4)CC3)nc21. The molecule has 1 amide bonds. The fourth-order valence-corrected chi connectivity index (χ4v) is 5.69. The number of carbonyl (C=O) groups is 1. The normalized spacial score (nSPS) is 19.7. The molecule has 5 heterocycles. The number of carbonyl (C=O) groups excluding carboxylic acids is 1. The minimum Gasteiger partial charge on any atom is -0.379 e. The molecule has 1 aromatic carbocycles. The fraction of sp³-hybridized carbons (Fsp3) is 0.556. The zero-order valence-electron chi connectivity index (χ0n) is 21.4. The van der Waals surface area contributed by atoms with Gasteiger partial charge in [-0.2, -0.15) is 9.97 Å². The smallest absolute Gasteiger partial charge is 0.229 e.